The molecule has 0 spiro atoms. The molecule has 0 N–H and O–H groups in total. The first-order chi connectivity index (χ1) is 10.1. The van der Waals surface area contributed by atoms with Crippen LogP contribution in [0.2, 0.25) is 5.15 Å². The summed E-state index contributed by atoms with van der Waals surface area (Å²) < 4.78 is 16.9. The highest BCUT2D eigenvalue weighted by Crippen LogP contribution is 2.32. The molecule has 0 radical (unpaired) electrons. The van der Waals surface area contributed by atoms with Gasteiger partial charge in [0, 0.05) is 12.7 Å². The second-order valence-corrected chi connectivity index (χ2v) is 5.22. The third-order valence-corrected chi connectivity index (χ3v) is 3.32. The maximum atomic E-state index is 5.96. The molecule has 1 aromatic carbocycles. The van der Waals surface area contributed by atoms with Gasteiger partial charge >= 0.3 is 0 Å². The molecular weight excluding hydrogens is 360 g/mol. The summed E-state index contributed by atoms with van der Waals surface area (Å²) in [6.45, 7) is 2.77. The number of hydrogen-bond acceptors (Lipinski definition) is 5. The molecule has 0 saturated carbocycles. The molecule has 0 aliphatic heterocycles. The number of nitrogens with zero attached hydrogens (tertiary/aromatic N) is 2. The summed E-state index contributed by atoms with van der Waals surface area (Å²) in [6.07, 6.45) is 0. The van der Waals surface area contributed by atoms with Gasteiger partial charge in [-0.1, -0.05) is 11.6 Å². The smallest absolute Gasteiger partial charge is 0.224 e. The van der Waals surface area contributed by atoms with Crippen LogP contribution in [0, 0.1) is 0 Å². The van der Waals surface area contributed by atoms with Crippen molar-refractivity contribution in [1.29, 1.82) is 0 Å². The Labute approximate surface area is 136 Å². The van der Waals surface area contributed by atoms with Crippen LogP contribution in [0.3, 0.4) is 0 Å². The highest BCUT2D eigenvalue weighted by Gasteiger charge is 2.09. The quantitative estimate of drug-likeness (QED) is 0.709. The van der Waals surface area contributed by atoms with Crippen molar-refractivity contribution in [2.24, 2.45) is 0 Å². The van der Waals surface area contributed by atoms with Gasteiger partial charge in [-0.15, -0.1) is 0 Å². The lowest BCUT2D eigenvalue weighted by molar-refractivity contribution is 0.128. The van der Waals surface area contributed by atoms with Crippen LogP contribution in [0.4, 0.5) is 0 Å². The predicted octanol–water partition coefficient (Wildman–Crippen LogP) is 4.23. The lowest BCUT2D eigenvalue weighted by Crippen LogP contribution is -2.01. The van der Waals surface area contributed by atoms with E-state index in [9.17, 15) is 0 Å². The molecule has 1 heterocycles. The highest BCUT2D eigenvalue weighted by atomic mass is 79.9. The summed E-state index contributed by atoms with van der Waals surface area (Å²) in [6, 6.07) is 6.93. The summed E-state index contributed by atoms with van der Waals surface area (Å²) in [5.74, 6) is 2.17. The van der Waals surface area contributed by atoms with Crippen molar-refractivity contribution in [1.82, 2.24) is 9.97 Å². The molecule has 0 amide bonds. The largest absolute Gasteiger partial charge is 0.497 e. The van der Waals surface area contributed by atoms with Crippen LogP contribution in [0.25, 0.3) is 0 Å². The second-order valence-electron chi connectivity index (χ2n) is 3.98. The number of halogens is 2. The minimum Gasteiger partial charge on any atom is -0.497 e. The molecule has 0 aliphatic rings. The van der Waals surface area contributed by atoms with Gasteiger partial charge < -0.3 is 14.2 Å². The Bertz CT molecular complexity index is 625. The fraction of sp³-hybridized carbons (Fsp3) is 0.286. The molecule has 0 fully saturated rings. The maximum absolute atomic E-state index is 5.96. The SMILES string of the molecule is CCOCc1nc(Cl)cc(Oc2ccc(OC)cc2Br)n1. The Morgan fingerprint density at radius 3 is 2.71 bits per heavy atom. The van der Waals surface area contributed by atoms with Gasteiger partial charge in [-0.05, 0) is 41.1 Å². The Morgan fingerprint density at radius 1 is 1.24 bits per heavy atom. The van der Waals surface area contributed by atoms with E-state index in [0.717, 1.165) is 10.2 Å². The lowest BCUT2D eigenvalue weighted by atomic mass is 10.3. The molecule has 2 rings (SSSR count). The number of rotatable bonds is 6. The zero-order valence-electron chi connectivity index (χ0n) is 11.6. The normalized spacial score (nSPS) is 10.5. The van der Waals surface area contributed by atoms with Crippen LogP contribution < -0.4 is 9.47 Å². The first kappa shape index (κ1) is 16.0. The lowest BCUT2D eigenvalue weighted by Gasteiger charge is -2.09. The molecule has 112 valence electrons. The molecule has 0 saturated heterocycles. The molecule has 0 atom stereocenters. The van der Waals surface area contributed by atoms with Crippen LogP contribution in [-0.2, 0) is 11.3 Å². The average Bonchev–Trinajstić information content (AvgIpc) is 2.46. The average molecular weight is 374 g/mol. The summed E-state index contributed by atoms with van der Waals surface area (Å²) >= 11 is 9.38. The second kappa shape index (κ2) is 7.59. The third-order valence-electron chi connectivity index (χ3n) is 2.51. The monoisotopic (exact) mass is 372 g/mol. The van der Waals surface area contributed by atoms with Crippen LogP contribution in [0.1, 0.15) is 12.7 Å². The van der Waals surface area contributed by atoms with Crippen molar-refractivity contribution in [3.8, 4) is 17.4 Å². The minimum absolute atomic E-state index is 0.289. The van der Waals surface area contributed by atoms with Crippen molar-refractivity contribution in [3.63, 3.8) is 0 Å². The third kappa shape index (κ3) is 4.56. The Morgan fingerprint density at radius 2 is 2.05 bits per heavy atom. The van der Waals surface area contributed by atoms with E-state index in [0.29, 0.717) is 29.2 Å². The van der Waals surface area contributed by atoms with Crippen LogP contribution in [-0.4, -0.2) is 23.7 Å². The van der Waals surface area contributed by atoms with Crippen molar-refractivity contribution in [2.75, 3.05) is 13.7 Å². The number of hydrogen-bond donors (Lipinski definition) is 0. The first-order valence-corrected chi connectivity index (χ1v) is 7.42. The molecule has 7 heteroatoms. The number of benzene rings is 1. The summed E-state index contributed by atoms with van der Waals surface area (Å²) in [5.41, 5.74) is 0. The molecule has 0 aliphatic carbocycles. The topological polar surface area (TPSA) is 53.5 Å². The first-order valence-electron chi connectivity index (χ1n) is 6.25. The molecule has 0 bridgehead atoms. The van der Waals surface area contributed by atoms with Crippen LogP contribution in [0.5, 0.6) is 17.4 Å². The minimum atomic E-state index is 0.289. The fourth-order valence-electron chi connectivity index (χ4n) is 1.56. The van der Waals surface area contributed by atoms with E-state index >= 15 is 0 Å². The van der Waals surface area contributed by atoms with Gasteiger partial charge in [-0.2, -0.15) is 4.98 Å². The molecule has 0 unspecified atom stereocenters. The Hall–Kier alpha value is -1.37. The van der Waals surface area contributed by atoms with E-state index < -0.39 is 0 Å². The summed E-state index contributed by atoms with van der Waals surface area (Å²) in [5, 5.41) is 0.305. The van der Waals surface area contributed by atoms with Gasteiger partial charge in [0.1, 0.15) is 23.3 Å². The molecule has 21 heavy (non-hydrogen) atoms. The van der Waals surface area contributed by atoms with E-state index in [1.165, 1.54) is 0 Å². The Kier molecular flexibility index (Phi) is 5.78. The van der Waals surface area contributed by atoms with E-state index in [1.54, 1.807) is 31.4 Å². The molecular formula is C14H14BrClN2O3. The standard InChI is InChI=1S/C14H14BrClN2O3/c1-3-20-8-13-17-12(16)7-14(18-13)21-11-5-4-9(19-2)6-10(11)15/h4-7H,3,8H2,1-2H3. The number of methoxy groups -OCH3 is 1. The van der Waals surface area contributed by atoms with E-state index in [2.05, 4.69) is 25.9 Å². The van der Waals surface area contributed by atoms with Crippen molar-refractivity contribution in [3.05, 3.63) is 39.7 Å². The summed E-state index contributed by atoms with van der Waals surface area (Å²) in [7, 11) is 1.60. The van der Waals surface area contributed by atoms with Gasteiger partial charge in [0.15, 0.2) is 5.82 Å². The fourth-order valence-corrected chi connectivity index (χ4v) is 2.19. The maximum Gasteiger partial charge on any atom is 0.224 e. The van der Waals surface area contributed by atoms with E-state index in [1.807, 2.05) is 6.92 Å². The van der Waals surface area contributed by atoms with E-state index in [4.69, 9.17) is 25.8 Å². The van der Waals surface area contributed by atoms with Gasteiger partial charge in [0.25, 0.3) is 0 Å². The molecule has 1 aromatic heterocycles. The number of ether oxygens (including phenoxy) is 3. The van der Waals surface area contributed by atoms with Crippen LogP contribution in [0.15, 0.2) is 28.7 Å². The Balaban J connectivity index is 2.20. The van der Waals surface area contributed by atoms with Gasteiger partial charge in [0.05, 0.1) is 11.6 Å². The van der Waals surface area contributed by atoms with Crippen molar-refractivity contribution in [2.45, 2.75) is 13.5 Å². The van der Waals surface area contributed by atoms with Gasteiger partial charge in [0.2, 0.25) is 5.88 Å². The zero-order valence-corrected chi connectivity index (χ0v) is 13.9. The molecule has 2 aromatic rings. The summed E-state index contributed by atoms with van der Waals surface area (Å²) in [4.78, 5) is 8.34. The predicted molar refractivity (Wildman–Crippen MR) is 83.1 cm³/mol. The molecule has 5 nitrogen and oxygen atoms in total. The van der Waals surface area contributed by atoms with Gasteiger partial charge in [-0.3, -0.25) is 0 Å². The van der Waals surface area contributed by atoms with E-state index in [-0.39, 0.29) is 6.61 Å². The highest BCUT2D eigenvalue weighted by molar-refractivity contribution is 9.10. The van der Waals surface area contributed by atoms with Gasteiger partial charge in [-0.25, -0.2) is 4.98 Å². The van der Waals surface area contributed by atoms with Crippen molar-refractivity contribution >= 4 is 27.5 Å². The zero-order chi connectivity index (χ0) is 15.2. The van der Waals surface area contributed by atoms with Crippen LogP contribution >= 0.6 is 27.5 Å². The number of aromatic nitrogens is 2. The van der Waals surface area contributed by atoms with Crippen molar-refractivity contribution < 1.29 is 14.2 Å².